The summed E-state index contributed by atoms with van der Waals surface area (Å²) in [5.41, 5.74) is 4.74. The molecule has 1 aromatic carbocycles. The fourth-order valence-corrected chi connectivity index (χ4v) is 2.23. The number of aryl methyl sites for hydroxylation is 2. The smallest absolute Gasteiger partial charge is 0.394 e. The van der Waals surface area contributed by atoms with Crippen molar-refractivity contribution in [3.05, 3.63) is 47.8 Å². The highest BCUT2D eigenvalue weighted by Gasteiger charge is 2.21. The lowest BCUT2D eigenvalue weighted by molar-refractivity contribution is -0.659. The van der Waals surface area contributed by atoms with Crippen molar-refractivity contribution in [3.8, 4) is 11.3 Å². The lowest BCUT2D eigenvalue weighted by atomic mass is 10.0. The van der Waals surface area contributed by atoms with E-state index >= 15 is 0 Å². The lowest BCUT2D eigenvalue weighted by Crippen LogP contribution is -2.30. The van der Waals surface area contributed by atoms with E-state index in [4.69, 9.17) is 8.83 Å². The quantitative estimate of drug-likeness (QED) is 0.626. The van der Waals surface area contributed by atoms with Gasteiger partial charge in [0.05, 0.1) is 5.56 Å². The molecule has 0 fully saturated rings. The van der Waals surface area contributed by atoms with Gasteiger partial charge in [-0.15, -0.1) is 0 Å². The predicted molar refractivity (Wildman–Crippen MR) is 71.3 cm³/mol. The summed E-state index contributed by atoms with van der Waals surface area (Å²) >= 11 is 0. The molecule has 3 rings (SSSR count). The number of hydrogen-bond donors (Lipinski definition) is 0. The lowest BCUT2D eigenvalue weighted by Gasteiger charge is -2.03. The second-order valence-electron chi connectivity index (χ2n) is 4.48. The Hall–Kier alpha value is -2.36. The molecule has 0 unspecified atom stereocenters. The average Bonchev–Trinajstić information content (AvgIpc) is 2.83. The van der Waals surface area contributed by atoms with Gasteiger partial charge in [-0.25, -0.2) is 4.99 Å². The first-order chi connectivity index (χ1) is 9.20. The Bertz CT molecular complexity index is 812. The van der Waals surface area contributed by atoms with Crippen LogP contribution in [-0.2, 0) is 7.05 Å². The zero-order valence-electron chi connectivity index (χ0n) is 11.2. The molecule has 0 spiro atoms. The predicted octanol–water partition coefficient (Wildman–Crippen LogP) is 2.36. The molecule has 19 heavy (non-hydrogen) atoms. The third-order valence-electron chi connectivity index (χ3n) is 3.21. The first-order valence-corrected chi connectivity index (χ1v) is 6.12. The molecule has 0 amide bonds. The van der Waals surface area contributed by atoms with Crippen LogP contribution in [0.25, 0.3) is 22.4 Å². The van der Waals surface area contributed by atoms with Crippen molar-refractivity contribution in [3.63, 3.8) is 0 Å². The first kappa shape index (κ1) is 11.7. The largest absolute Gasteiger partial charge is 0.407 e. The highest BCUT2D eigenvalue weighted by molar-refractivity contribution is 5.84. The number of fused-ring (bicyclic) bond motifs is 1. The van der Waals surface area contributed by atoms with E-state index < -0.39 is 0 Å². The molecule has 0 saturated heterocycles. The zero-order valence-corrected chi connectivity index (χ0v) is 11.2. The zero-order chi connectivity index (χ0) is 13.4. The maximum absolute atomic E-state index is 5.68. The number of pyridine rings is 1. The Morgan fingerprint density at radius 3 is 2.63 bits per heavy atom. The van der Waals surface area contributed by atoms with Gasteiger partial charge < -0.3 is 8.83 Å². The Morgan fingerprint density at radius 2 is 1.89 bits per heavy atom. The summed E-state index contributed by atoms with van der Waals surface area (Å²) in [6, 6.07) is 10.1. The van der Waals surface area contributed by atoms with Crippen molar-refractivity contribution in [2.24, 2.45) is 12.0 Å². The van der Waals surface area contributed by atoms with E-state index in [1.165, 1.54) is 5.56 Å². The molecule has 0 aliphatic heterocycles. The highest BCUT2D eigenvalue weighted by atomic mass is 16.5. The second kappa shape index (κ2) is 4.39. The summed E-state index contributed by atoms with van der Waals surface area (Å²) in [5.74, 6) is 0.288. The molecule has 96 valence electrons. The fourth-order valence-electron chi connectivity index (χ4n) is 2.23. The SMILES string of the molecule is C/N=c1/oc2cc[n+](C)c(-c3ccccc3C)c2o1. The molecule has 0 saturated carbocycles. The van der Waals surface area contributed by atoms with Crippen LogP contribution in [0.15, 0.2) is 50.4 Å². The number of hydrogen-bond acceptors (Lipinski definition) is 3. The molecule has 2 aromatic heterocycles. The van der Waals surface area contributed by atoms with E-state index in [0.717, 1.165) is 16.8 Å². The fraction of sp³-hybridized carbons (Fsp3) is 0.200. The molecule has 0 radical (unpaired) electrons. The van der Waals surface area contributed by atoms with Gasteiger partial charge in [-0.2, -0.15) is 4.57 Å². The molecule has 0 bridgehead atoms. The summed E-state index contributed by atoms with van der Waals surface area (Å²) in [5, 5.41) is 0. The van der Waals surface area contributed by atoms with Crippen LogP contribution in [0.1, 0.15) is 5.56 Å². The van der Waals surface area contributed by atoms with Gasteiger partial charge in [0.2, 0.25) is 5.58 Å². The Kier molecular flexibility index (Phi) is 2.71. The van der Waals surface area contributed by atoms with Crippen LogP contribution in [-0.4, -0.2) is 7.05 Å². The molecule has 0 aliphatic carbocycles. The van der Waals surface area contributed by atoms with Crippen LogP contribution in [0.3, 0.4) is 0 Å². The summed E-state index contributed by atoms with van der Waals surface area (Å²) in [6.45, 7) is 2.08. The van der Waals surface area contributed by atoms with Gasteiger partial charge in [-0.3, -0.25) is 0 Å². The molecular weight excluding hydrogens is 240 g/mol. The van der Waals surface area contributed by atoms with E-state index in [0.29, 0.717) is 5.58 Å². The summed E-state index contributed by atoms with van der Waals surface area (Å²) < 4.78 is 13.2. The monoisotopic (exact) mass is 255 g/mol. The average molecular weight is 255 g/mol. The summed E-state index contributed by atoms with van der Waals surface area (Å²) in [6.07, 6.45) is 1.96. The number of rotatable bonds is 1. The normalized spacial score (nSPS) is 12.3. The number of nitrogens with zero attached hydrogens (tertiary/aromatic N) is 2. The van der Waals surface area contributed by atoms with Crippen molar-refractivity contribution in [2.45, 2.75) is 6.92 Å². The molecule has 0 atom stereocenters. The van der Waals surface area contributed by atoms with Gasteiger partial charge in [0.15, 0.2) is 11.8 Å². The minimum atomic E-state index is 0.288. The van der Waals surface area contributed by atoms with Crippen LogP contribution in [0.2, 0.25) is 0 Å². The molecule has 4 heteroatoms. The van der Waals surface area contributed by atoms with Crippen LogP contribution in [0.5, 0.6) is 0 Å². The van der Waals surface area contributed by atoms with E-state index in [1.54, 1.807) is 7.05 Å². The molecule has 0 aliphatic rings. The molecule has 4 nitrogen and oxygen atoms in total. The van der Waals surface area contributed by atoms with Crippen LogP contribution in [0.4, 0.5) is 0 Å². The van der Waals surface area contributed by atoms with E-state index in [1.807, 2.05) is 36.0 Å². The van der Waals surface area contributed by atoms with Crippen LogP contribution >= 0.6 is 0 Å². The molecule has 3 aromatic rings. The van der Waals surface area contributed by atoms with Crippen molar-refractivity contribution < 1.29 is 13.4 Å². The van der Waals surface area contributed by atoms with E-state index in [9.17, 15) is 0 Å². The van der Waals surface area contributed by atoms with E-state index in [2.05, 4.69) is 24.0 Å². The minimum absolute atomic E-state index is 0.288. The Labute approximate surface area is 110 Å². The van der Waals surface area contributed by atoms with Gasteiger partial charge in [-0.05, 0) is 18.6 Å². The molecule has 2 heterocycles. The van der Waals surface area contributed by atoms with Gasteiger partial charge in [0.25, 0.3) is 5.69 Å². The van der Waals surface area contributed by atoms with Crippen molar-refractivity contribution in [1.29, 1.82) is 0 Å². The molecular formula is C15H15N2O2+. The topological polar surface area (TPSA) is 42.5 Å². The molecule has 0 N–H and O–H groups in total. The second-order valence-corrected chi connectivity index (χ2v) is 4.48. The maximum atomic E-state index is 5.68. The van der Waals surface area contributed by atoms with Gasteiger partial charge in [-0.1, -0.05) is 18.2 Å². The van der Waals surface area contributed by atoms with Crippen molar-refractivity contribution in [2.75, 3.05) is 7.05 Å². The first-order valence-electron chi connectivity index (χ1n) is 6.12. The highest BCUT2D eigenvalue weighted by Crippen LogP contribution is 2.26. The standard InChI is InChI=1S/C15H15N2O2/c1-10-6-4-5-7-11(10)13-14-12(8-9-17(13)3)18-15(16-2)19-14/h4-9H,1-3H3/q+1/b16-15-. The number of aromatic nitrogens is 1. The van der Waals surface area contributed by atoms with Gasteiger partial charge in [0, 0.05) is 13.1 Å². The van der Waals surface area contributed by atoms with Gasteiger partial charge >= 0.3 is 5.75 Å². The van der Waals surface area contributed by atoms with Crippen LogP contribution < -0.4 is 10.3 Å². The number of benzene rings is 1. The summed E-state index contributed by atoms with van der Waals surface area (Å²) in [7, 11) is 3.64. The minimum Gasteiger partial charge on any atom is -0.407 e. The Balaban J connectivity index is 2.43. The van der Waals surface area contributed by atoms with Gasteiger partial charge in [0.1, 0.15) is 7.05 Å². The van der Waals surface area contributed by atoms with Crippen molar-refractivity contribution in [1.82, 2.24) is 0 Å². The van der Waals surface area contributed by atoms with E-state index in [-0.39, 0.29) is 5.75 Å². The third kappa shape index (κ3) is 1.85. The van der Waals surface area contributed by atoms with Crippen LogP contribution in [0, 0.1) is 6.92 Å². The third-order valence-corrected chi connectivity index (χ3v) is 3.21. The van der Waals surface area contributed by atoms with Crippen molar-refractivity contribution >= 4 is 11.2 Å². The maximum Gasteiger partial charge on any atom is 0.394 e. The Morgan fingerprint density at radius 1 is 1.11 bits per heavy atom. The summed E-state index contributed by atoms with van der Waals surface area (Å²) in [4.78, 5) is 3.95.